The van der Waals surface area contributed by atoms with Crippen molar-refractivity contribution in [1.82, 2.24) is 5.32 Å². The summed E-state index contributed by atoms with van der Waals surface area (Å²) in [5, 5.41) is 2.95. The second-order valence-electron chi connectivity index (χ2n) is 4.74. The van der Waals surface area contributed by atoms with Crippen molar-refractivity contribution < 1.29 is 9.53 Å². The van der Waals surface area contributed by atoms with E-state index in [-0.39, 0.29) is 18.6 Å². The largest absolute Gasteiger partial charge is 0.484 e. The van der Waals surface area contributed by atoms with Crippen LogP contribution in [0.2, 0.25) is 0 Å². The van der Waals surface area contributed by atoms with E-state index in [1.54, 1.807) is 0 Å². The van der Waals surface area contributed by atoms with Crippen LogP contribution in [0.4, 0.5) is 0 Å². The summed E-state index contributed by atoms with van der Waals surface area (Å²) >= 11 is 3.51. The Bertz CT molecular complexity index is 419. The molecule has 1 N–H and O–H groups in total. The monoisotopic (exact) mass is 327 g/mol. The standard InChI is InChI=1S/C15H22BrNO2/c1-5-12(6-2)17-14(18)9-19-13-7-10(3)15(16)11(4)8-13/h7-8,12H,5-6,9H2,1-4H3,(H,17,18). The molecule has 0 spiro atoms. The fourth-order valence-corrected chi connectivity index (χ4v) is 2.13. The van der Waals surface area contributed by atoms with E-state index in [0.717, 1.165) is 34.2 Å². The summed E-state index contributed by atoms with van der Waals surface area (Å²) in [4.78, 5) is 11.7. The summed E-state index contributed by atoms with van der Waals surface area (Å²) in [6, 6.07) is 4.10. The van der Waals surface area contributed by atoms with Gasteiger partial charge in [-0.2, -0.15) is 0 Å². The second kappa shape index (κ2) is 7.53. The number of nitrogens with one attached hydrogen (secondary N) is 1. The van der Waals surface area contributed by atoms with Crippen LogP contribution in [0.3, 0.4) is 0 Å². The summed E-state index contributed by atoms with van der Waals surface area (Å²) < 4.78 is 6.63. The second-order valence-corrected chi connectivity index (χ2v) is 5.53. The minimum absolute atomic E-state index is 0.0630. The van der Waals surface area contributed by atoms with Crippen LogP contribution in [0.1, 0.15) is 37.8 Å². The molecule has 0 heterocycles. The molecule has 0 radical (unpaired) electrons. The van der Waals surface area contributed by atoms with Crippen molar-refractivity contribution in [2.24, 2.45) is 0 Å². The van der Waals surface area contributed by atoms with E-state index < -0.39 is 0 Å². The average molecular weight is 328 g/mol. The van der Waals surface area contributed by atoms with Crippen molar-refractivity contribution in [3.8, 4) is 5.75 Å². The highest BCUT2D eigenvalue weighted by atomic mass is 79.9. The third kappa shape index (κ3) is 4.86. The highest BCUT2D eigenvalue weighted by molar-refractivity contribution is 9.10. The lowest BCUT2D eigenvalue weighted by atomic mass is 10.1. The van der Waals surface area contributed by atoms with Crippen LogP contribution in [0.25, 0.3) is 0 Å². The molecule has 106 valence electrons. The van der Waals surface area contributed by atoms with Gasteiger partial charge >= 0.3 is 0 Å². The number of halogens is 1. The Morgan fingerprint density at radius 2 is 1.79 bits per heavy atom. The van der Waals surface area contributed by atoms with Crippen molar-refractivity contribution in [2.45, 2.75) is 46.6 Å². The van der Waals surface area contributed by atoms with Crippen molar-refractivity contribution in [1.29, 1.82) is 0 Å². The van der Waals surface area contributed by atoms with Crippen LogP contribution in [0, 0.1) is 13.8 Å². The van der Waals surface area contributed by atoms with Gasteiger partial charge in [-0.3, -0.25) is 4.79 Å². The molecule has 4 heteroatoms. The maximum Gasteiger partial charge on any atom is 0.258 e. The Morgan fingerprint density at radius 3 is 2.26 bits per heavy atom. The fraction of sp³-hybridized carbons (Fsp3) is 0.533. The third-order valence-electron chi connectivity index (χ3n) is 3.13. The molecule has 0 atom stereocenters. The zero-order chi connectivity index (χ0) is 14.4. The summed E-state index contributed by atoms with van der Waals surface area (Å²) in [7, 11) is 0. The van der Waals surface area contributed by atoms with Gasteiger partial charge in [0, 0.05) is 10.5 Å². The van der Waals surface area contributed by atoms with Gasteiger partial charge in [0.1, 0.15) is 5.75 Å². The molecule has 3 nitrogen and oxygen atoms in total. The fourth-order valence-electron chi connectivity index (χ4n) is 1.90. The maximum absolute atomic E-state index is 11.7. The highest BCUT2D eigenvalue weighted by Gasteiger charge is 2.09. The zero-order valence-electron chi connectivity index (χ0n) is 12.0. The number of amides is 1. The molecule has 0 saturated carbocycles. The molecule has 0 aromatic heterocycles. The Morgan fingerprint density at radius 1 is 1.26 bits per heavy atom. The predicted octanol–water partition coefficient (Wildman–Crippen LogP) is 3.75. The molecule has 0 saturated heterocycles. The molecule has 0 bridgehead atoms. The molecule has 0 unspecified atom stereocenters. The van der Waals surface area contributed by atoms with Crippen LogP contribution >= 0.6 is 15.9 Å². The van der Waals surface area contributed by atoms with Crippen LogP contribution in [0.5, 0.6) is 5.75 Å². The van der Waals surface area contributed by atoms with Crippen LogP contribution < -0.4 is 10.1 Å². The summed E-state index contributed by atoms with van der Waals surface area (Å²) in [5.74, 6) is 0.671. The number of ether oxygens (including phenoxy) is 1. The lowest BCUT2D eigenvalue weighted by molar-refractivity contribution is -0.123. The van der Waals surface area contributed by atoms with Crippen molar-refractivity contribution >= 4 is 21.8 Å². The van der Waals surface area contributed by atoms with Crippen molar-refractivity contribution in [3.05, 3.63) is 27.7 Å². The van der Waals surface area contributed by atoms with Gasteiger partial charge in [0.05, 0.1) is 0 Å². The average Bonchev–Trinajstić information content (AvgIpc) is 2.39. The minimum atomic E-state index is -0.0630. The molecule has 0 fully saturated rings. The van der Waals surface area contributed by atoms with E-state index in [0.29, 0.717) is 0 Å². The number of aryl methyl sites for hydroxylation is 2. The van der Waals surface area contributed by atoms with E-state index in [2.05, 4.69) is 35.1 Å². The van der Waals surface area contributed by atoms with E-state index in [1.807, 2.05) is 26.0 Å². The Labute approximate surface area is 123 Å². The number of carbonyl (C=O) groups excluding carboxylic acids is 1. The first kappa shape index (κ1) is 16.0. The van der Waals surface area contributed by atoms with E-state index in [4.69, 9.17) is 4.74 Å². The number of benzene rings is 1. The van der Waals surface area contributed by atoms with Crippen LogP contribution in [-0.2, 0) is 4.79 Å². The van der Waals surface area contributed by atoms with Crippen molar-refractivity contribution in [2.75, 3.05) is 6.61 Å². The smallest absolute Gasteiger partial charge is 0.258 e. The Hall–Kier alpha value is -1.03. The molecule has 1 amide bonds. The van der Waals surface area contributed by atoms with Gasteiger partial charge in [-0.05, 0) is 49.9 Å². The number of hydrogen-bond donors (Lipinski definition) is 1. The lowest BCUT2D eigenvalue weighted by Crippen LogP contribution is -2.37. The molecule has 1 aromatic carbocycles. The van der Waals surface area contributed by atoms with Gasteiger partial charge in [0.15, 0.2) is 6.61 Å². The molecule has 0 aliphatic carbocycles. The molecule has 0 aliphatic heterocycles. The summed E-state index contributed by atoms with van der Waals surface area (Å²) in [6.07, 6.45) is 1.89. The quantitative estimate of drug-likeness (QED) is 0.864. The molecular weight excluding hydrogens is 306 g/mol. The summed E-state index contributed by atoms with van der Waals surface area (Å²) in [6.45, 7) is 8.22. The zero-order valence-corrected chi connectivity index (χ0v) is 13.6. The highest BCUT2D eigenvalue weighted by Crippen LogP contribution is 2.26. The SMILES string of the molecule is CCC(CC)NC(=O)COc1cc(C)c(Br)c(C)c1. The van der Waals surface area contributed by atoms with Crippen molar-refractivity contribution in [3.63, 3.8) is 0 Å². The van der Waals surface area contributed by atoms with E-state index >= 15 is 0 Å². The first-order valence-corrected chi connectivity index (χ1v) is 7.46. The van der Waals surface area contributed by atoms with Gasteiger partial charge in [0.25, 0.3) is 5.91 Å². The normalized spacial score (nSPS) is 10.6. The summed E-state index contributed by atoms with van der Waals surface area (Å²) in [5.41, 5.74) is 2.21. The first-order chi connectivity index (χ1) is 8.97. The lowest BCUT2D eigenvalue weighted by Gasteiger charge is -2.15. The van der Waals surface area contributed by atoms with Gasteiger partial charge in [0.2, 0.25) is 0 Å². The van der Waals surface area contributed by atoms with Gasteiger partial charge in [-0.25, -0.2) is 0 Å². The van der Waals surface area contributed by atoms with E-state index in [1.165, 1.54) is 0 Å². The number of hydrogen-bond acceptors (Lipinski definition) is 2. The number of carbonyl (C=O) groups is 1. The predicted molar refractivity (Wildman–Crippen MR) is 81.6 cm³/mol. The van der Waals surface area contributed by atoms with E-state index in [9.17, 15) is 4.79 Å². The van der Waals surface area contributed by atoms with Gasteiger partial charge in [-0.15, -0.1) is 0 Å². The molecule has 1 aromatic rings. The Kier molecular flexibility index (Phi) is 6.35. The topological polar surface area (TPSA) is 38.3 Å². The van der Waals surface area contributed by atoms with Gasteiger partial charge in [-0.1, -0.05) is 29.8 Å². The van der Waals surface area contributed by atoms with Gasteiger partial charge < -0.3 is 10.1 Å². The maximum atomic E-state index is 11.7. The minimum Gasteiger partial charge on any atom is -0.484 e. The molecule has 19 heavy (non-hydrogen) atoms. The molecule has 0 aliphatic rings. The first-order valence-electron chi connectivity index (χ1n) is 6.66. The molecular formula is C15H22BrNO2. The Balaban J connectivity index is 2.55. The molecule has 1 rings (SSSR count). The third-order valence-corrected chi connectivity index (χ3v) is 4.38. The van der Waals surface area contributed by atoms with Crippen LogP contribution in [0.15, 0.2) is 16.6 Å². The van der Waals surface area contributed by atoms with Crippen LogP contribution in [-0.4, -0.2) is 18.6 Å². The number of rotatable bonds is 6.